The minimum Gasteiger partial charge on any atom is -0.489 e. The first-order valence-corrected chi connectivity index (χ1v) is 10.3. The molecule has 1 amide bonds. The van der Waals surface area contributed by atoms with Gasteiger partial charge in [0.1, 0.15) is 12.4 Å². The molecule has 1 atom stereocenters. The monoisotopic (exact) mass is 386 g/mol. The zero-order valence-corrected chi connectivity index (χ0v) is 17.2. The van der Waals surface area contributed by atoms with Crippen LogP contribution in [0.4, 0.5) is 0 Å². The van der Waals surface area contributed by atoms with Crippen LogP contribution in [0.5, 0.6) is 5.75 Å². The van der Waals surface area contributed by atoms with Crippen LogP contribution in [-0.2, 0) is 11.3 Å². The van der Waals surface area contributed by atoms with E-state index in [-0.39, 0.29) is 0 Å². The van der Waals surface area contributed by atoms with Crippen molar-refractivity contribution in [3.63, 3.8) is 0 Å². The molecule has 1 fully saturated rings. The van der Waals surface area contributed by atoms with Crippen LogP contribution in [0.2, 0.25) is 0 Å². The largest absolute Gasteiger partial charge is 0.489 e. The number of hydrogen-bond acceptors (Lipinski definition) is 3. The number of benzene rings is 1. The first-order valence-electron chi connectivity index (χ1n) is 10.3. The molecular formula is C22H34N4O2. The van der Waals surface area contributed by atoms with E-state index in [1.54, 1.807) is 6.08 Å². The molecule has 1 aromatic rings. The van der Waals surface area contributed by atoms with Crippen molar-refractivity contribution in [1.29, 1.82) is 0 Å². The molecule has 6 heteroatoms. The normalized spacial score (nSPS) is 15.4. The van der Waals surface area contributed by atoms with Crippen LogP contribution in [-0.4, -0.2) is 49.0 Å². The summed E-state index contributed by atoms with van der Waals surface area (Å²) in [5.41, 5.74) is 1.04. The highest BCUT2D eigenvalue weighted by atomic mass is 16.5. The lowest BCUT2D eigenvalue weighted by Gasteiger charge is -2.27. The number of hydrogen-bond donors (Lipinski definition) is 2. The minimum absolute atomic E-state index is 0.295. The molecule has 0 aliphatic carbocycles. The van der Waals surface area contributed by atoms with Gasteiger partial charge in [0.2, 0.25) is 5.91 Å². The first kappa shape index (κ1) is 21.8. The van der Waals surface area contributed by atoms with Crippen molar-refractivity contribution in [1.82, 2.24) is 15.5 Å². The molecule has 0 saturated carbocycles. The predicted octanol–water partition coefficient (Wildman–Crippen LogP) is 3.10. The zero-order chi connectivity index (χ0) is 20.2. The van der Waals surface area contributed by atoms with Crippen LogP contribution in [0, 0.1) is 0 Å². The number of nitrogens with one attached hydrogen (secondary N) is 2. The number of amides is 1. The molecule has 6 nitrogen and oxygen atoms in total. The molecule has 1 saturated heterocycles. The number of nitrogens with zero attached hydrogens (tertiary/aromatic N) is 2. The van der Waals surface area contributed by atoms with Crippen LogP contribution in [0.25, 0.3) is 0 Å². The lowest BCUT2D eigenvalue weighted by atomic mass is 10.1. The maximum absolute atomic E-state index is 12.0. The summed E-state index contributed by atoms with van der Waals surface area (Å²) in [7, 11) is 0. The Kier molecular flexibility index (Phi) is 9.39. The Hall–Kier alpha value is -2.50. The highest BCUT2D eigenvalue weighted by Crippen LogP contribution is 2.19. The van der Waals surface area contributed by atoms with Crippen LogP contribution in [0.1, 0.15) is 45.1 Å². The van der Waals surface area contributed by atoms with Gasteiger partial charge < -0.3 is 20.3 Å². The highest BCUT2D eigenvalue weighted by Gasteiger charge is 2.26. The summed E-state index contributed by atoms with van der Waals surface area (Å²) >= 11 is 0. The predicted molar refractivity (Wildman–Crippen MR) is 115 cm³/mol. The number of rotatable bonds is 11. The Bertz CT molecular complexity index is 660. The third-order valence-corrected chi connectivity index (χ3v) is 4.87. The van der Waals surface area contributed by atoms with Gasteiger partial charge in [0.25, 0.3) is 0 Å². The van der Waals surface area contributed by atoms with Crippen LogP contribution in [0.3, 0.4) is 0 Å². The van der Waals surface area contributed by atoms with Gasteiger partial charge in [-0.1, -0.05) is 37.8 Å². The van der Waals surface area contributed by atoms with Crippen LogP contribution >= 0.6 is 0 Å². The second kappa shape index (κ2) is 12.1. The Morgan fingerprint density at radius 1 is 1.36 bits per heavy atom. The summed E-state index contributed by atoms with van der Waals surface area (Å²) in [5.74, 6) is 1.91. The molecule has 1 aliphatic rings. The van der Waals surface area contributed by atoms with E-state index in [4.69, 9.17) is 9.73 Å². The van der Waals surface area contributed by atoms with Crippen molar-refractivity contribution in [2.24, 2.45) is 4.99 Å². The van der Waals surface area contributed by atoms with Crippen molar-refractivity contribution < 1.29 is 9.53 Å². The van der Waals surface area contributed by atoms with Gasteiger partial charge in [0.15, 0.2) is 5.96 Å². The van der Waals surface area contributed by atoms with Gasteiger partial charge in [0, 0.05) is 37.7 Å². The molecular weight excluding hydrogens is 352 g/mol. The summed E-state index contributed by atoms with van der Waals surface area (Å²) in [6, 6.07) is 8.23. The van der Waals surface area contributed by atoms with Crippen molar-refractivity contribution >= 4 is 11.9 Å². The van der Waals surface area contributed by atoms with E-state index >= 15 is 0 Å². The standard InChI is InChI=1S/C22H34N4O2/c1-4-16-28-20-11-8-7-10-18(20)17-25-22(23-6-3)24-14-13-19(5-2)26-15-9-12-21(26)27/h4,7-8,10-11,19H,1,5-6,9,12-17H2,2-3H3,(H2,23,24,25). The van der Waals surface area contributed by atoms with E-state index < -0.39 is 0 Å². The summed E-state index contributed by atoms with van der Waals surface area (Å²) < 4.78 is 5.71. The fourth-order valence-corrected chi connectivity index (χ4v) is 3.42. The van der Waals surface area contributed by atoms with E-state index in [0.29, 0.717) is 31.5 Å². The van der Waals surface area contributed by atoms with E-state index in [1.807, 2.05) is 29.2 Å². The average molecular weight is 387 g/mol. The number of carbonyl (C=O) groups is 1. The summed E-state index contributed by atoms with van der Waals surface area (Å²) in [6.45, 7) is 11.4. The summed E-state index contributed by atoms with van der Waals surface area (Å²) in [5, 5.41) is 6.69. The Morgan fingerprint density at radius 3 is 2.86 bits per heavy atom. The number of ether oxygens (including phenoxy) is 1. The van der Waals surface area contributed by atoms with Gasteiger partial charge in [-0.15, -0.1) is 0 Å². The van der Waals surface area contributed by atoms with E-state index in [0.717, 1.165) is 56.2 Å². The maximum Gasteiger partial charge on any atom is 0.222 e. The Balaban J connectivity index is 1.91. The fraction of sp³-hybridized carbons (Fsp3) is 0.545. The fourth-order valence-electron chi connectivity index (χ4n) is 3.42. The van der Waals surface area contributed by atoms with E-state index in [2.05, 4.69) is 31.1 Å². The van der Waals surface area contributed by atoms with Crippen molar-refractivity contribution in [2.75, 3.05) is 26.2 Å². The third kappa shape index (κ3) is 6.59. The van der Waals surface area contributed by atoms with Gasteiger partial charge in [-0.2, -0.15) is 0 Å². The third-order valence-electron chi connectivity index (χ3n) is 4.87. The van der Waals surface area contributed by atoms with E-state index in [1.165, 1.54) is 0 Å². The van der Waals surface area contributed by atoms with Gasteiger partial charge >= 0.3 is 0 Å². The number of para-hydroxylation sites is 1. The number of aliphatic imine (C=N–C) groups is 1. The minimum atomic E-state index is 0.295. The molecule has 1 unspecified atom stereocenters. The molecule has 1 aromatic carbocycles. The molecule has 2 N–H and O–H groups in total. The molecule has 154 valence electrons. The second-order valence-electron chi connectivity index (χ2n) is 6.87. The molecule has 28 heavy (non-hydrogen) atoms. The van der Waals surface area contributed by atoms with Crippen molar-refractivity contribution in [3.8, 4) is 5.75 Å². The molecule has 0 bridgehead atoms. The van der Waals surface area contributed by atoms with Crippen LogP contribution in [0.15, 0.2) is 41.9 Å². The zero-order valence-electron chi connectivity index (χ0n) is 17.2. The SMILES string of the molecule is C=CCOc1ccccc1CN=C(NCC)NCCC(CC)N1CCCC1=O. The van der Waals surface area contributed by atoms with Crippen LogP contribution < -0.4 is 15.4 Å². The molecule has 0 radical (unpaired) electrons. The average Bonchev–Trinajstić information content (AvgIpc) is 3.14. The lowest BCUT2D eigenvalue weighted by molar-refractivity contribution is -0.129. The Labute approximate surface area is 169 Å². The van der Waals surface area contributed by atoms with Gasteiger partial charge in [-0.05, 0) is 32.3 Å². The van der Waals surface area contributed by atoms with E-state index in [9.17, 15) is 4.79 Å². The first-order chi connectivity index (χ1) is 13.7. The smallest absolute Gasteiger partial charge is 0.222 e. The molecule has 1 aliphatic heterocycles. The van der Waals surface area contributed by atoms with Gasteiger partial charge in [-0.25, -0.2) is 4.99 Å². The molecule has 1 heterocycles. The Morgan fingerprint density at radius 2 is 2.18 bits per heavy atom. The molecule has 0 spiro atoms. The van der Waals surface area contributed by atoms with Gasteiger partial charge in [-0.3, -0.25) is 4.79 Å². The number of likely N-dealkylation sites (tertiary alicyclic amines) is 1. The van der Waals surface area contributed by atoms with Crippen molar-refractivity contribution in [3.05, 3.63) is 42.5 Å². The lowest BCUT2D eigenvalue weighted by Crippen LogP contribution is -2.42. The second-order valence-corrected chi connectivity index (χ2v) is 6.87. The van der Waals surface area contributed by atoms with Gasteiger partial charge in [0.05, 0.1) is 6.54 Å². The number of carbonyl (C=O) groups excluding carboxylic acids is 1. The maximum atomic E-state index is 12.0. The molecule has 2 rings (SSSR count). The highest BCUT2D eigenvalue weighted by molar-refractivity contribution is 5.80. The number of guanidine groups is 1. The topological polar surface area (TPSA) is 66.0 Å². The quantitative estimate of drug-likeness (QED) is 0.348. The molecule has 0 aromatic heterocycles. The van der Waals surface area contributed by atoms with Crippen molar-refractivity contribution in [2.45, 2.75) is 52.1 Å². The summed E-state index contributed by atoms with van der Waals surface area (Å²) in [4.78, 5) is 18.7. The summed E-state index contributed by atoms with van der Waals surface area (Å²) in [6.07, 6.45) is 5.32.